The van der Waals surface area contributed by atoms with Crippen LogP contribution in [-0.2, 0) is 0 Å². The molecule has 0 spiro atoms. The molecule has 1 atom stereocenters. The van der Waals surface area contributed by atoms with Crippen molar-refractivity contribution in [1.29, 1.82) is 5.26 Å². The molecule has 1 aliphatic heterocycles. The third-order valence-corrected chi connectivity index (χ3v) is 3.80. The SMILES string of the molecule is CCCCN(CC1CCCN1)c1ccc(F)cc1C#N. The second-order valence-corrected chi connectivity index (χ2v) is 5.37. The number of hydrogen-bond donors (Lipinski definition) is 1. The van der Waals surface area contributed by atoms with Crippen LogP contribution in [0.3, 0.4) is 0 Å². The summed E-state index contributed by atoms with van der Waals surface area (Å²) in [4.78, 5) is 2.23. The number of nitrogens with zero attached hydrogens (tertiary/aromatic N) is 2. The molecule has 1 aromatic rings. The van der Waals surface area contributed by atoms with E-state index in [1.54, 1.807) is 6.07 Å². The third kappa shape index (κ3) is 3.71. The van der Waals surface area contributed by atoms with Crippen molar-refractivity contribution in [2.45, 2.75) is 38.6 Å². The van der Waals surface area contributed by atoms with Gasteiger partial charge in [-0.3, -0.25) is 0 Å². The average Bonchev–Trinajstić information content (AvgIpc) is 2.96. The molecule has 1 heterocycles. The standard InChI is InChI=1S/C16H22FN3/c1-2-3-9-20(12-15-5-4-8-19-15)16-7-6-14(17)10-13(16)11-18/h6-7,10,15,19H,2-5,8-9,12H2,1H3. The van der Waals surface area contributed by atoms with Gasteiger partial charge in [-0.25, -0.2) is 4.39 Å². The summed E-state index contributed by atoms with van der Waals surface area (Å²) in [5.41, 5.74) is 1.29. The van der Waals surface area contributed by atoms with Gasteiger partial charge in [0.25, 0.3) is 0 Å². The van der Waals surface area contributed by atoms with Crippen molar-refractivity contribution in [3.8, 4) is 6.07 Å². The summed E-state index contributed by atoms with van der Waals surface area (Å²) in [6, 6.07) is 7.10. The first kappa shape index (κ1) is 14.8. The number of nitriles is 1. The van der Waals surface area contributed by atoms with Crippen LogP contribution in [0.5, 0.6) is 0 Å². The zero-order valence-electron chi connectivity index (χ0n) is 12.0. The van der Waals surface area contributed by atoms with Gasteiger partial charge in [-0.1, -0.05) is 13.3 Å². The minimum absolute atomic E-state index is 0.347. The molecule has 1 N–H and O–H groups in total. The molecule has 4 heteroatoms. The molecule has 0 saturated carbocycles. The molecule has 0 aromatic heterocycles. The number of unbranched alkanes of at least 4 members (excludes halogenated alkanes) is 1. The van der Waals surface area contributed by atoms with Crippen molar-refractivity contribution < 1.29 is 4.39 Å². The van der Waals surface area contributed by atoms with E-state index in [2.05, 4.69) is 23.2 Å². The van der Waals surface area contributed by atoms with Gasteiger partial charge in [0.2, 0.25) is 0 Å². The highest BCUT2D eigenvalue weighted by Gasteiger charge is 2.19. The van der Waals surface area contributed by atoms with Crippen molar-refractivity contribution in [2.24, 2.45) is 0 Å². The summed E-state index contributed by atoms with van der Waals surface area (Å²) < 4.78 is 13.3. The summed E-state index contributed by atoms with van der Waals surface area (Å²) in [5.74, 6) is -0.347. The van der Waals surface area contributed by atoms with E-state index in [-0.39, 0.29) is 5.82 Å². The normalized spacial score (nSPS) is 17.9. The largest absolute Gasteiger partial charge is 0.369 e. The molecule has 2 rings (SSSR count). The van der Waals surface area contributed by atoms with Crippen molar-refractivity contribution >= 4 is 5.69 Å². The number of hydrogen-bond acceptors (Lipinski definition) is 3. The molecule has 0 radical (unpaired) electrons. The molecular weight excluding hydrogens is 253 g/mol. The van der Waals surface area contributed by atoms with Crippen LogP contribution in [0.25, 0.3) is 0 Å². The summed E-state index contributed by atoms with van der Waals surface area (Å²) in [7, 11) is 0. The minimum atomic E-state index is -0.347. The van der Waals surface area contributed by atoms with Crippen LogP contribution < -0.4 is 10.2 Å². The lowest BCUT2D eigenvalue weighted by Gasteiger charge is -2.28. The predicted octanol–water partition coefficient (Wildman–Crippen LogP) is 3.06. The first-order chi connectivity index (χ1) is 9.74. The Hall–Kier alpha value is -1.60. The second kappa shape index (κ2) is 7.25. The Labute approximate surface area is 120 Å². The van der Waals surface area contributed by atoms with E-state index < -0.39 is 0 Å². The first-order valence-electron chi connectivity index (χ1n) is 7.42. The topological polar surface area (TPSA) is 39.1 Å². The number of rotatable bonds is 6. The fraction of sp³-hybridized carbons (Fsp3) is 0.562. The maximum absolute atomic E-state index is 13.3. The Bertz CT molecular complexity index is 475. The van der Waals surface area contributed by atoms with Gasteiger partial charge < -0.3 is 10.2 Å². The predicted molar refractivity (Wildman–Crippen MR) is 79.3 cm³/mol. The zero-order valence-corrected chi connectivity index (χ0v) is 12.0. The van der Waals surface area contributed by atoms with E-state index in [0.29, 0.717) is 11.6 Å². The fourth-order valence-electron chi connectivity index (χ4n) is 2.71. The molecule has 1 fully saturated rings. The molecule has 1 aliphatic rings. The van der Waals surface area contributed by atoms with Crippen LogP contribution in [0.15, 0.2) is 18.2 Å². The Kier molecular flexibility index (Phi) is 5.37. The molecule has 0 bridgehead atoms. The highest BCUT2D eigenvalue weighted by molar-refractivity contribution is 5.59. The molecule has 0 aliphatic carbocycles. The van der Waals surface area contributed by atoms with Gasteiger partial charge in [0, 0.05) is 19.1 Å². The van der Waals surface area contributed by atoms with Crippen molar-refractivity contribution in [3.05, 3.63) is 29.6 Å². The van der Waals surface area contributed by atoms with Crippen molar-refractivity contribution in [2.75, 3.05) is 24.5 Å². The summed E-state index contributed by atoms with van der Waals surface area (Å²) in [5, 5.41) is 12.7. The summed E-state index contributed by atoms with van der Waals surface area (Å²) in [6.45, 7) is 5.03. The van der Waals surface area contributed by atoms with E-state index in [1.807, 2.05) is 0 Å². The number of benzene rings is 1. The molecular formula is C16H22FN3. The maximum Gasteiger partial charge on any atom is 0.124 e. The third-order valence-electron chi connectivity index (χ3n) is 3.80. The second-order valence-electron chi connectivity index (χ2n) is 5.37. The quantitative estimate of drug-likeness (QED) is 0.867. The molecule has 3 nitrogen and oxygen atoms in total. The van der Waals surface area contributed by atoms with Crippen LogP contribution in [0.4, 0.5) is 10.1 Å². The highest BCUT2D eigenvalue weighted by atomic mass is 19.1. The van der Waals surface area contributed by atoms with E-state index in [0.717, 1.165) is 38.2 Å². The zero-order chi connectivity index (χ0) is 14.4. The van der Waals surface area contributed by atoms with Crippen LogP contribution in [0, 0.1) is 17.1 Å². The summed E-state index contributed by atoms with van der Waals surface area (Å²) >= 11 is 0. The molecule has 0 amide bonds. The van der Waals surface area contributed by atoms with Gasteiger partial charge in [-0.05, 0) is 44.0 Å². The Morgan fingerprint density at radius 1 is 1.50 bits per heavy atom. The summed E-state index contributed by atoms with van der Waals surface area (Å²) in [6.07, 6.45) is 4.57. The Morgan fingerprint density at radius 3 is 3.00 bits per heavy atom. The molecule has 1 unspecified atom stereocenters. The van der Waals surface area contributed by atoms with Gasteiger partial charge in [0.15, 0.2) is 0 Å². The van der Waals surface area contributed by atoms with Crippen molar-refractivity contribution in [1.82, 2.24) is 5.32 Å². The van der Waals surface area contributed by atoms with E-state index in [4.69, 9.17) is 0 Å². The van der Waals surface area contributed by atoms with Crippen molar-refractivity contribution in [3.63, 3.8) is 0 Å². The Morgan fingerprint density at radius 2 is 2.35 bits per heavy atom. The van der Waals surface area contributed by atoms with E-state index >= 15 is 0 Å². The van der Waals surface area contributed by atoms with Crippen LogP contribution in [0.1, 0.15) is 38.2 Å². The minimum Gasteiger partial charge on any atom is -0.369 e. The lowest BCUT2D eigenvalue weighted by molar-refractivity contribution is 0.571. The average molecular weight is 275 g/mol. The number of anilines is 1. The lowest BCUT2D eigenvalue weighted by Crippen LogP contribution is -2.38. The molecule has 108 valence electrons. The lowest BCUT2D eigenvalue weighted by atomic mass is 10.1. The number of halogens is 1. The van der Waals surface area contributed by atoms with Gasteiger partial charge in [-0.2, -0.15) is 5.26 Å². The van der Waals surface area contributed by atoms with Gasteiger partial charge >= 0.3 is 0 Å². The van der Waals surface area contributed by atoms with Gasteiger partial charge in [-0.15, -0.1) is 0 Å². The maximum atomic E-state index is 13.3. The van der Waals surface area contributed by atoms with Gasteiger partial charge in [0.05, 0.1) is 11.3 Å². The van der Waals surface area contributed by atoms with Gasteiger partial charge in [0.1, 0.15) is 11.9 Å². The smallest absolute Gasteiger partial charge is 0.124 e. The molecule has 20 heavy (non-hydrogen) atoms. The number of nitrogens with one attached hydrogen (secondary N) is 1. The van der Waals surface area contributed by atoms with Crippen LogP contribution >= 0.6 is 0 Å². The highest BCUT2D eigenvalue weighted by Crippen LogP contribution is 2.23. The monoisotopic (exact) mass is 275 g/mol. The van der Waals surface area contributed by atoms with E-state index in [9.17, 15) is 9.65 Å². The van der Waals surface area contributed by atoms with E-state index in [1.165, 1.54) is 25.0 Å². The molecule has 1 saturated heterocycles. The van der Waals surface area contributed by atoms with Crippen LogP contribution in [0.2, 0.25) is 0 Å². The Balaban J connectivity index is 2.18. The fourth-order valence-corrected chi connectivity index (χ4v) is 2.71. The molecule has 1 aromatic carbocycles. The first-order valence-corrected chi connectivity index (χ1v) is 7.42. The van der Waals surface area contributed by atoms with Crippen LogP contribution in [-0.4, -0.2) is 25.7 Å².